The number of hydrogen-bond acceptors (Lipinski definition) is 5. The molecule has 0 radical (unpaired) electrons. The van der Waals surface area contributed by atoms with Crippen molar-refractivity contribution in [2.45, 2.75) is 13.0 Å². The molecule has 0 spiro atoms. The molecule has 0 saturated heterocycles. The van der Waals surface area contributed by atoms with Crippen molar-refractivity contribution < 1.29 is 9.53 Å². The lowest BCUT2D eigenvalue weighted by atomic mass is 10.0. The van der Waals surface area contributed by atoms with Gasteiger partial charge in [-0.3, -0.25) is 14.8 Å². The second kappa shape index (κ2) is 7.74. The number of hydrogen-bond donors (Lipinski definition) is 0. The smallest absolute Gasteiger partial charge is 0.167 e. The first-order valence-electron chi connectivity index (χ1n) is 8.63. The van der Waals surface area contributed by atoms with Crippen LogP contribution in [0.1, 0.15) is 21.6 Å². The zero-order valence-electron chi connectivity index (χ0n) is 14.6. The normalized spacial score (nSPS) is 10.7. The third-order valence-corrected chi connectivity index (χ3v) is 4.19. The van der Waals surface area contributed by atoms with Crippen molar-refractivity contribution in [2.75, 3.05) is 0 Å². The highest BCUT2D eigenvalue weighted by atomic mass is 16.5. The number of pyridine rings is 3. The Hall–Kier alpha value is -3.60. The molecule has 4 aromatic rings. The first-order chi connectivity index (χ1) is 13.3. The Labute approximate surface area is 156 Å². The largest absolute Gasteiger partial charge is 0.487 e. The summed E-state index contributed by atoms with van der Waals surface area (Å²) in [5.74, 6) is 0.764. The number of rotatable bonds is 6. The van der Waals surface area contributed by atoms with Crippen LogP contribution in [0.3, 0.4) is 0 Å². The summed E-state index contributed by atoms with van der Waals surface area (Å²) < 4.78 is 5.79. The second-order valence-electron chi connectivity index (χ2n) is 6.11. The van der Waals surface area contributed by atoms with Crippen molar-refractivity contribution in [2.24, 2.45) is 0 Å². The first kappa shape index (κ1) is 16.8. The molecule has 132 valence electrons. The summed E-state index contributed by atoms with van der Waals surface area (Å²) in [6, 6.07) is 18.5. The van der Waals surface area contributed by atoms with Crippen LogP contribution < -0.4 is 4.74 Å². The summed E-state index contributed by atoms with van der Waals surface area (Å²) in [5, 5.41) is 0. The molecular formula is C22H17N3O2. The average molecular weight is 355 g/mol. The summed E-state index contributed by atoms with van der Waals surface area (Å²) in [6.45, 7) is 0.356. The van der Waals surface area contributed by atoms with Gasteiger partial charge in [0.15, 0.2) is 5.78 Å². The maximum absolute atomic E-state index is 12.4. The van der Waals surface area contributed by atoms with Crippen molar-refractivity contribution in [3.8, 4) is 5.75 Å². The summed E-state index contributed by atoms with van der Waals surface area (Å²) in [7, 11) is 0. The van der Waals surface area contributed by atoms with Crippen molar-refractivity contribution in [3.05, 3.63) is 96.1 Å². The highest BCUT2D eigenvalue weighted by molar-refractivity contribution is 5.97. The number of Topliss-reactive ketones (excluding diaryl/α,β-unsaturated/α-hetero) is 1. The molecule has 5 heteroatoms. The van der Waals surface area contributed by atoms with Crippen LogP contribution in [-0.4, -0.2) is 20.7 Å². The van der Waals surface area contributed by atoms with Crippen LogP contribution >= 0.6 is 0 Å². The molecule has 0 aliphatic heterocycles. The first-order valence-corrected chi connectivity index (χ1v) is 8.63. The standard InChI is InChI=1S/C22H17N3O2/c26-22(14-16-9-12-23-13-10-16)17-3-6-19(7-4-17)27-15-18-5-8-20-21(25-18)2-1-11-24-20/h1-13H,14-15H2. The summed E-state index contributed by atoms with van der Waals surface area (Å²) in [4.78, 5) is 25.1. The number of fused-ring (bicyclic) bond motifs is 1. The van der Waals surface area contributed by atoms with Gasteiger partial charge in [0, 0.05) is 30.6 Å². The minimum atomic E-state index is 0.0662. The van der Waals surface area contributed by atoms with Crippen LogP contribution in [0, 0.1) is 0 Å². The van der Waals surface area contributed by atoms with E-state index in [1.54, 1.807) is 30.7 Å². The molecule has 3 heterocycles. The summed E-state index contributed by atoms with van der Waals surface area (Å²) >= 11 is 0. The second-order valence-corrected chi connectivity index (χ2v) is 6.11. The Kier molecular flexibility index (Phi) is 4.83. The predicted molar refractivity (Wildman–Crippen MR) is 103 cm³/mol. The van der Waals surface area contributed by atoms with E-state index in [1.165, 1.54) is 0 Å². The highest BCUT2D eigenvalue weighted by Gasteiger charge is 2.07. The molecule has 0 aliphatic rings. The number of ether oxygens (including phenoxy) is 1. The van der Waals surface area contributed by atoms with Crippen LogP contribution in [0.25, 0.3) is 11.0 Å². The number of carbonyl (C=O) groups is 1. The Balaban J connectivity index is 1.39. The number of nitrogens with zero attached hydrogens (tertiary/aromatic N) is 3. The van der Waals surface area contributed by atoms with Gasteiger partial charge in [0.25, 0.3) is 0 Å². The van der Waals surface area contributed by atoms with Gasteiger partial charge in [0.05, 0.1) is 16.7 Å². The van der Waals surface area contributed by atoms with Crippen LogP contribution in [0.15, 0.2) is 79.3 Å². The molecule has 4 rings (SSSR count). The zero-order chi connectivity index (χ0) is 18.5. The quantitative estimate of drug-likeness (QED) is 0.489. The third kappa shape index (κ3) is 4.15. The van der Waals surface area contributed by atoms with Gasteiger partial charge in [-0.05, 0) is 66.2 Å². The van der Waals surface area contributed by atoms with E-state index < -0.39 is 0 Å². The van der Waals surface area contributed by atoms with Crippen LogP contribution in [0.2, 0.25) is 0 Å². The van der Waals surface area contributed by atoms with E-state index in [9.17, 15) is 4.79 Å². The Morgan fingerprint density at radius 1 is 0.852 bits per heavy atom. The van der Waals surface area contributed by atoms with E-state index in [0.717, 1.165) is 22.3 Å². The predicted octanol–water partition coefficient (Wildman–Crippen LogP) is 4.03. The molecule has 0 N–H and O–H groups in total. The molecule has 0 saturated carbocycles. The Morgan fingerprint density at radius 2 is 1.67 bits per heavy atom. The van der Waals surface area contributed by atoms with Gasteiger partial charge in [-0.25, -0.2) is 4.98 Å². The number of ketones is 1. The molecule has 3 aromatic heterocycles. The molecule has 0 aliphatic carbocycles. The summed E-state index contributed by atoms with van der Waals surface area (Å²) in [5.41, 5.74) is 4.14. The van der Waals surface area contributed by atoms with Gasteiger partial charge in [-0.15, -0.1) is 0 Å². The van der Waals surface area contributed by atoms with Gasteiger partial charge in [0.2, 0.25) is 0 Å². The monoisotopic (exact) mass is 355 g/mol. The molecule has 27 heavy (non-hydrogen) atoms. The minimum Gasteiger partial charge on any atom is -0.487 e. The van der Waals surface area contributed by atoms with Crippen molar-refractivity contribution >= 4 is 16.8 Å². The molecular weight excluding hydrogens is 338 g/mol. The van der Waals surface area contributed by atoms with E-state index in [2.05, 4.69) is 15.0 Å². The third-order valence-electron chi connectivity index (χ3n) is 4.19. The Bertz CT molecular complexity index is 1060. The number of carbonyl (C=O) groups excluding carboxylic acids is 1. The van der Waals surface area contributed by atoms with E-state index in [0.29, 0.717) is 24.3 Å². The minimum absolute atomic E-state index is 0.0662. The molecule has 1 aromatic carbocycles. The van der Waals surface area contributed by atoms with Crippen LogP contribution in [0.5, 0.6) is 5.75 Å². The molecule has 5 nitrogen and oxygen atoms in total. The SMILES string of the molecule is O=C(Cc1ccncc1)c1ccc(OCc2ccc3ncccc3n2)cc1. The van der Waals surface area contributed by atoms with Crippen molar-refractivity contribution in [1.29, 1.82) is 0 Å². The number of aromatic nitrogens is 3. The topological polar surface area (TPSA) is 65.0 Å². The fraction of sp³-hybridized carbons (Fsp3) is 0.0909. The number of benzene rings is 1. The Morgan fingerprint density at radius 3 is 2.48 bits per heavy atom. The highest BCUT2D eigenvalue weighted by Crippen LogP contribution is 2.16. The van der Waals surface area contributed by atoms with E-state index >= 15 is 0 Å². The van der Waals surface area contributed by atoms with Gasteiger partial charge >= 0.3 is 0 Å². The zero-order valence-corrected chi connectivity index (χ0v) is 14.6. The lowest BCUT2D eigenvalue weighted by Gasteiger charge is -2.07. The maximum atomic E-state index is 12.4. The van der Waals surface area contributed by atoms with Crippen LogP contribution in [-0.2, 0) is 13.0 Å². The van der Waals surface area contributed by atoms with Crippen LogP contribution in [0.4, 0.5) is 0 Å². The van der Waals surface area contributed by atoms with E-state index in [1.807, 2.05) is 48.5 Å². The molecule has 0 atom stereocenters. The van der Waals surface area contributed by atoms with Gasteiger partial charge in [0.1, 0.15) is 12.4 Å². The van der Waals surface area contributed by atoms with Gasteiger partial charge in [-0.1, -0.05) is 0 Å². The fourth-order valence-corrected chi connectivity index (χ4v) is 2.76. The van der Waals surface area contributed by atoms with Crippen molar-refractivity contribution in [3.63, 3.8) is 0 Å². The lowest BCUT2D eigenvalue weighted by Crippen LogP contribution is -2.04. The van der Waals surface area contributed by atoms with E-state index in [4.69, 9.17) is 4.74 Å². The fourth-order valence-electron chi connectivity index (χ4n) is 2.76. The average Bonchev–Trinajstić information content (AvgIpc) is 2.73. The summed E-state index contributed by atoms with van der Waals surface area (Å²) in [6.07, 6.45) is 5.49. The van der Waals surface area contributed by atoms with E-state index in [-0.39, 0.29) is 5.78 Å². The molecule has 0 bridgehead atoms. The molecule has 0 unspecified atom stereocenters. The van der Waals surface area contributed by atoms with Crippen molar-refractivity contribution in [1.82, 2.24) is 15.0 Å². The molecule has 0 fully saturated rings. The maximum Gasteiger partial charge on any atom is 0.167 e. The van der Waals surface area contributed by atoms with Gasteiger partial charge in [-0.2, -0.15) is 0 Å². The van der Waals surface area contributed by atoms with Gasteiger partial charge < -0.3 is 4.74 Å². The molecule has 0 amide bonds. The lowest BCUT2D eigenvalue weighted by molar-refractivity contribution is 0.0993.